The molecular weight excluding hydrogens is 439 g/mol. The van der Waals surface area contributed by atoms with E-state index in [1.165, 1.54) is 30.0 Å². The Balaban J connectivity index is 2.06. The van der Waals surface area contributed by atoms with E-state index in [-0.39, 0.29) is 11.3 Å². The standard InChI is InChI=1S/C18H18Cl2N4O4S/c1-29-8-7-16(18(26)23-22-12-5-6-14(19)15(20)10-12)21-17(25)11-3-2-4-13(9-11)24(27)28/h2-6,9-10,16,22H,7-8H2,1H3,(H,21,25)(H,23,26)/t16-/m1/s1. The van der Waals surface area contributed by atoms with Crippen molar-refractivity contribution in [3.8, 4) is 0 Å². The highest BCUT2D eigenvalue weighted by molar-refractivity contribution is 7.98. The van der Waals surface area contributed by atoms with Gasteiger partial charge in [0.1, 0.15) is 6.04 Å². The van der Waals surface area contributed by atoms with Gasteiger partial charge in [0.05, 0.1) is 20.7 Å². The van der Waals surface area contributed by atoms with Crippen molar-refractivity contribution in [1.82, 2.24) is 10.7 Å². The van der Waals surface area contributed by atoms with E-state index >= 15 is 0 Å². The Morgan fingerprint density at radius 3 is 2.59 bits per heavy atom. The molecule has 0 radical (unpaired) electrons. The summed E-state index contributed by atoms with van der Waals surface area (Å²) in [6.07, 6.45) is 2.25. The Morgan fingerprint density at radius 2 is 1.93 bits per heavy atom. The zero-order chi connectivity index (χ0) is 21.4. The summed E-state index contributed by atoms with van der Waals surface area (Å²) >= 11 is 13.3. The minimum atomic E-state index is -0.843. The lowest BCUT2D eigenvalue weighted by molar-refractivity contribution is -0.384. The van der Waals surface area contributed by atoms with Gasteiger partial charge in [-0.2, -0.15) is 11.8 Å². The fraction of sp³-hybridized carbons (Fsp3) is 0.222. The summed E-state index contributed by atoms with van der Waals surface area (Å²) in [6, 6.07) is 9.21. The number of rotatable bonds is 9. The molecule has 0 unspecified atom stereocenters. The summed E-state index contributed by atoms with van der Waals surface area (Å²) in [5.41, 5.74) is 5.64. The minimum absolute atomic E-state index is 0.0959. The normalized spacial score (nSPS) is 11.4. The Bertz CT molecular complexity index is 913. The molecule has 3 N–H and O–H groups in total. The molecule has 2 amide bonds. The van der Waals surface area contributed by atoms with E-state index in [0.29, 0.717) is 27.9 Å². The van der Waals surface area contributed by atoms with Crippen LogP contribution < -0.4 is 16.2 Å². The molecule has 0 aliphatic rings. The van der Waals surface area contributed by atoms with Crippen LogP contribution in [0.4, 0.5) is 11.4 Å². The van der Waals surface area contributed by atoms with E-state index in [1.807, 2.05) is 6.26 Å². The number of benzene rings is 2. The molecule has 1 atom stereocenters. The molecule has 0 bridgehead atoms. The van der Waals surface area contributed by atoms with Gasteiger partial charge in [-0.05, 0) is 42.7 Å². The van der Waals surface area contributed by atoms with Crippen LogP contribution in [0, 0.1) is 10.1 Å². The van der Waals surface area contributed by atoms with Gasteiger partial charge in [0.2, 0.25) is 0 Å². The molecule has 2 aromatic carbocycles. The first-order chi connectivity index (χ1) is 13.8. The van der Waals surface area contributed by atoms with Crippen LogP contribution in [0.15, 0.2) is 42.5 Å². The summed E-state index contributed by atoms with van der Waals surface area (Å²) in [5.74, 6) is -0.423. The summed E-state index contributed by atoms with van der Waals surface area (Å²) in [7, 11) is 0. The van der Waals surface area contributed by atoms with Crippen molar-refractivity contribution in [2.24, 2.45) is 0 Å². The molecule has 0 fully saturated rings. The number of amides is 2. The average molecular weight is 457 g/mol. The van der Waals surface area contributed by atoms with E-state index in [4.69, 9.17) is 23.2 Å². The first kappa shape index (κ1) is 22.8. The molecule has 0 aliphatic heterocycles. The predicted molar refractivity (Wildman–Crippen MR) is 116 cm³/mol. The molecule has 0 aliphatic carbocycles. The average Bonchev–Trinajstić information content (AvgIpc) is 2.71. The zero-order valence-corrected chi connectivity index (χ0v) is 17.6. The zero-order valence-electron chi connectivity index (χ0n) is 15.3. The second-order valence-electron chi connectivity index (χ2n) is 5.86. The van der Waals surface area contributed by atoms with Crippen LogP contribution in [0.2, 0.25) is 10.0 Å². The van der Waals surface area contributed by atoms with Crippen molar-refractivity contribution in [2.75, 3.05) is 17.4 Å². The molecule has 2 aromatic rings. The maximum absolute atomic E-state index is 12.6. The number of nitrogens with one attached hydrogen (secondary N) is 3. The highest BCUT2D eigenvalue weighted by atomic mass is 35.5. The van der Waals surface area contributed by atoms with Gasteiger partial charge in [0, 0.05) is 17.7 Å². The second-order valence-corrected chi connectivity index (χ2v) is 7.66. The largest absolute Gasteiger partial charge is 0.340 e. The number of hydrogen-bond acceptors (Lipinski definition) is 6. The lowest BCUT2D eigenvalue weighted by Crippen LogP contribution is -2.48. The van der Waals surface area contributed by atoms with Crippen LogP contribution >= 0.6 is 35.0 Å². The van der Waals surface area contributed by atoms with Gasteiger partial charge in [-0.15, -0.1) is 0 Å². The van der Waals surface area contributed by atoms with Gasteiger partial charge in [0.25, 0.3) is 17.5 Å². The number of carbonyl (C=O) groups excluding carboxylic acids is 2. The smallest absolute Gasteiger partial charge is 0.270 e. The Kier molecular flexibility index (Phi) is 8.56. The van der Waals surface area contributed by atoms with Gasteiger partial charge in [-0.25, -0.2) is 0 Å². The number of nitro groups is 1. The van der Waals surface area contributed by atoms with E-state index in [2.05, 4.69) is 16.2 Å². The number of carbonyl (C=O) groups is 2. The van der Waals surface area contributed by atoms with Crippen LogP contribution in [-0.2, 0) is 4.79 Å². The lowest BCUT2D eigenvalue weighted by atomic mass is 10.1. The third-order valence-corrected chi connectivity index (χ3v) is 5.18. The Labute approximate surface area is 181 Å². The van der Waals surface area contributed by atoms with E-state index < -0.39 is 22.8 Å². The number of halogens is 2. The lowest BCUT2D eigenvalue weighted by Gasteiger charge is -2.19. The van der Waals surface area contributed by atoms with Crippen LogP contribution in [0.3, 0.4) is 0 Å². The summed E-state index contributed by atoms with van der Waals surface area (Å²) in [6.45, 7) is 0. The molecular formula is C18H18Cl2N4O4S. The van der Waals surface area contributed by atoms with Crippen LogP contribution in [0.1, 0.15) is 16.8 Å². The Hall–Kier alpha value is -2.49. The SMILES string of the molecule is CSCC[C@@H](NC(=O)c1cccc([N+](=O)[O-])c1)C(=O)NNc1ccc(Cl)c(Cl)c1. The van der Waals surface area contributed by atoms with Crippen molar-refractivity contribution in [3.05, 3.63) is 68.2 Å². The number of nitrogens with zero attached hydrogens (tertiary/aromatic N) is 1. The van der Waals surface area contributed by atoms with Crippen LogP contribution in [0.25, 0.3) is 0 Å². The molecule has 11 heteroatoms. The molecule has 0 saturated heterocycles. The highest BCUT2D eigenvalue weighted by Crippen LogP contribution is 2.24. The van der Waals surface area contributed by atoms with Crippen molar-refractivity contribution in [3.63, 3.8) is 0 Å². The number of non-ortho nitro benzene ring substituents is 1. The van der Waals surface area contributed by atoms with Gasteiger partial charge < -0.3 is 5.32 Å². The van der Waals surface area contributed by atoms with Crippen LogP contribution in [0.5, 0.6) is 0 Å². The van der Waals surface area contributed by atoms with Crippen LogP contribution in [-0.4, -0.2) is 34.8 Å². The number of hydrazine groups is 1. The number of anilines is 1. The maximum atomic E-state index is 12.6. The third-order valence-electron chi connectivity index (χ3n) is 3.80. The second kappa shape index (κ2) is 10.9. The molecule has 2 rings (SSSR count). The van der Waals surface area contributed by atoms with Crippen molar-refractivity contribution >= 4 is 58.2 Å². The maximum Gasteiger partial charge on any atom is 0.270 e. The van der Waals surface area contributed by atoms with Gasteiger partial charge >= 0.3 is 0 Å². The highest BCUT2D eigenvalue weighted by Gasteiger charge is 2.22. The quantitative estimate of drug-likeness (QED) is 0.389. The third kappa shape index (κ3) is 6.81. The summed E-state index contributed by atoms with van der Waals surface area (Å²) in [4.78, 5) is 35.3. The minimum Gasteiger partial charge on any atom is -0.340 e. The van der Waals surface area contributed by atoms with E-state index in [9.17, 15) is 19.7 Å². The molecule has 0 heterocycles. The monoisotopic (exact) mass is 456 g/mol. The van der Waals surface area contributed by atoms with Gasteiger partial charge in [-0.3, -0.25) is 30.6 Å². The fourth-order valence-corrected chi connectivity index (χ4v) is 3.07. The Morgan fingerprint density at radius 1 is 1.17 bits per heavy atom. The predicted octanol–water partition coefficient (Wildman–Crippen LogP) is 3.90. The molecule has 29 heavy (non-hydrogen) atoms. The molecule has 0 aromatic heterocycles. The summed E-state index contributed by atoms with van der Waals surface area (Å²) < 4.78 is 0. The van der Waals surface area contributed by atoms with Crippen molar-refractivity contribution in [1.29, 1.82) is 0 Å². The molecule has 8 nitrogen and oxygen atoms in total. The number of hydrogen-bond donors (Lipinski definition) is 3. The van der Waals surface area contributed by atoms with Gasteiger partial charge in [-0.1, -0.05) is 29.3 Å². The fourth-order valence-electron chi connectivity index (χ4n) is 2.30. The number of thioether (sulfide) groups is 1. The summed E-state index contributed by atoms with van der Waals surface area (Å²) in [5, 5.41) is 14.2. The number of nitro benzene ring substituents is 1. The van der Waals surface area contributed by atoms with Gasteiger partial charge in [0.15, 0.2) is 0 Å². The molecule has 154 valence electrons. The van der Waals surface area contributed by atoms with E-state index in [0.717, 1.165) is 6.07 Å². The topological polar surface area (TPSA) is 113 Å². The van der Waals surface area contributed by atoms with Crippen molar-refractivity contribution in [2.45, 2.75) is 12.5 Å². The molecule has 0 spiro atoms. The van der Waals surface area contributed by atoms with E-state index in [1.54, 1.807) is 18.2 Å². The van der Waals surface area contributed by atoms with Crippen molar-refractivity contribution < 1.29 is 14.5 Å². The first-order valence-electron chi connectivity index (χ1n) is 8.37. The first-order valence-corrected chi connectivity index (χ1v) is 10.5. The molecule has 0 saturated carbocycles.